The molecule has 2 aromatic rings. The fourth-order valence-corrected chi connectivity index (χ4v) is 3.79. The molecule has 1 aliphatic heterocycles. The summed E-state index contributed by atoms with van der Waals surface area (Å²) in [4.78, 5) is 20.3. The molecule has 3 heterocycles. The maximum atomic E-state index is 12.2. The molecule has 0 unspecified atom stereocenters. The molecule has 1 amide bonds. The van der Waals surface area contributed by atoms with Crippen LogP contribution in [0.2, 0.25) is 0 Å². The van der Waals surface area contributed by atoms with Crippen molar-refractivity contribution in [3.8, 4) is 0 Å². The summed E-state index contributed by atoms with van der Waals surface area (Å²) in [5.74, 6) is 1.32. The van der Waals surface area contributed by atoms with E-state index >= 15 is 0 Å². The average Bonchev–Trinajstić information content (AvgIpc) is 3.16. The van der Waals surface area contributed by atoms with Crippen LogP contribution in [-0.4, -0.2) is 68.1 Å². The Morgan fingerprint density at radius 2 is 2.19 bits per heavy atom. The minimum Gasteiger partial charge on any atom is -0.338 e. The van der Waals surface area contributed by atoms with Crippen molar-refractivity contribution in [3.63, 3.8) is 0 Å². The number of aromatic nitrogens is 5. The van der Waals surface area contributed by atoms with Crippen LogP contribution in [0.15, 0.2) is 10.7 Å². The van der Waals surface area contributed by atoms with Gasteiger partial charge in [0.05, 0.1) is 5.75 Å². The van der Waals surface area contributed by atoms with Gasteiger partial charge < -0.3 is 9.80 Å². The largest absolute Gasteiger partial charge is 0.338 e. The van der Waals surface area contributed by atoms with E-state index in [4.69, 9.17) is 0 Å². The zero-order valence-corrected chi connectivity index (χ0v) is 13.2. The lowest BCUT2D eigenvalue weighted by Crippen LogP contribution is -2.49. The highest BCUT2D eigenvalue weighted by atomic mass is 32.2. The van der Waals surface area contributed by atoms with Crippen molar-refractivity contribution >= 4 is 35.0 Å². The van der Waals surface area contributed by atoms with Gasteiger partial charge >= 0.3 is 0 Å². The Hall–Kier alpha value is -1.68. The summed E-state index contributed by atoms with van der Waals surface area (Å²) >= 11 is 2.97. The Bertz CT molecular complexity index is 591. The van der Waals surface area contributed by atoms with E-state index in [1.807, 2.05) is 11.8 Å². The Labute approximate surface area is 130 Å². The Balaban J connectivity index is 1.46. The number of carbonyl (C=O) groups is 1. The van der Waals surface area contributed by atoms with Crippen LogP contribution in [0.1, 0.15) is 5.01 Å². The smallest absolute Gasteiger partial charge is 0.233 e. The minimum absolute atomic E-state index is 0.144. The molecule has 1 aliphatic rings. The maximum absolute atomic E-state index is 12.2. The van der Waals surface area contributed by atoms with Gasteiger partial charge in [0, 0.05) is 26.2 Å². The van der Waals surface area contributed by atoms with Gasteiger partial charge in [-0.1, -0.05) is 23.1 Å². The molecular formula is C11H15N7OS2. The summed E-state index contributed by atoms with van der Waals surface area (Å²) in [6.07, 6.45) is 1.49. The lowest BCUT2D eigenvalue weighted by Gasteiger charge is -2.34. The number of aromatic amines is 1. The highest BCUT2D eigenvalue weighted by molar-refractivity contribution is 8.01. The van der Waals surface area contributed by atoms with Crippen molar-refractivity contribution in [2.45, 2.75) is 11.3 Å². The van der Waals surface area contributed by atoms with Crippen LogP contribution in [0.5, 0.6) is 0 Å². The first-order valence-corrected chi connectivity index (χ1v) is 8.33. The van der Waals surface area contributed by atoms with Gasteiger partial charge in [0.1, 0.15) is 11.3 Å². The van der Waals surface area contributed by atoms with Gasteiger partial charge in [-0.15, -0.1) is 10.2 Å². The SMILES string of the molecule is Cc1nnc(SCC(=O)N2CCN(c3ncn[nH]3)CC2)s1. The fraction of sp³-hybridized carbons (Fsp3) is 0.545. The number of nitrogens with zero attached hydrogens (tertiary/aromatic N) is 6. The van der Waals surface area contributed by atoms with Crippen molar-refractivity contribution in [2.75, 3.05) is 36.8 Å². The van der Waals surface area contributed by atoms with Gasteiger partial charge in [-0.25, -0.2) is 5.10 Å². The normalized spacial score (nSPS) is 15.5. The molecule has 0 radical (unpaired) electrons. The molecule has 1 saturated heterocycles. The van der Waals surface area contributed by atoms with Crippen molar-refractivity contribution in [3.05, 3.63) is 11.3 Å². The van der Waals surface area contributed by atoms with Crippen LogP contribution >= 0.6 is 23.1 Å². The van der Waals surface area contributed by atoms with Crippen LogP contribution in [0, 0.1) is 6.92 Å². The average molecular weight is 325 g/mol. The van der Waals surface area contributed by atoms with E-state index in [1.165, 1.54) is 29.4 Å². The zero-order valence-electron chi connectivity index (χ0n) is 11.5. The molecule has 112 valence electrons. The van der Waals surface area contributed by atoms with Crippen LogP contribution in [-0.2, 0) is 4.79 Å². The van der Waals surface area contributed by atoms with Crippen molar-refractivity contribution in [1.29, 1.82) is 0 Å². The van der Waals surface area contributed by atoms with Crippen molar-refractivity contribution in [1.82, 2.24) is 30.3 Å². The molecule has 21 heavy (non-hydrogen) atoms. The van der Waals surface area contributed by atoms with E-state index in [0.29, 0.717) is 18.8 Å². The Kier molecular flexibility index (Phi) is 4.34. The molecule has 0 spiro atoms. The number of anilines is 1. The minimum atomic E-state index is 0.144. The summed E-state index contributed by atoms with van der Waals surface area (Å²) in [6, 6.07) is 0. The van der Waals surface area contributed by atoms with Crippen LogP contribution in [0.3, 0.4) is 0 Å². The van der Waals surface area contributed by atoms with E-state index in [2.05, 4.69) is 30.3 Å². The number of thioether (sulfide) groups is 1. The quantitative estimate of drug-likeness (QED) is 0.814. The molecular weight excluding hydrogens is 310 g/mol. The molecule has 0 bridgehead atoms. The molecule has 10 heteroatoms. The van der Waals surface area contributed by atoms with E-state index in [9.17, 15) is 4.79 Å². The number of hydrogen-bond donors (Lipinski definition) is 1. The summed E-state index contributed by atoms with van der Waals surface area (Å²) in [5, 5.41) is 15.6. The third-order valence-electron chi connectivity index (χ3n) is 3.16. The van der Waals surface area contributed by atoms with Gasteiger partial charge in [0.25, 0.3) is 0 Å². The number of amides is 1. The highest BCUT2D eigenvalue weighted by Crippen LogP contribution is 2.22. The summed E-state index contributed by atoms with van der Waals surface area (Å²) in [7, 11) is 0. The van der Waals surface area contributed by atoms with Crippen LogP contribution < -0.4 is 4.90 Å². The lowest BCUT2D eigenvalue weighted by atomic mass is 10.3. The molecule has 8 nitrogen and oxygen atoms in total. The molecule has 2 aromatic heterocycles. The second-order valence-electron chi connectivity index (χ2n) is 4.55. The number of carbonyl (C=O) groups excluding carboxylic acids is 1. The molecule has 0 atom stereocenters. The highest BCUT2D eigenvalue weighted by Gasteiger charge is 2.22. The van der Waals surface area contributed by atoms with Gasteiger partial charge in [0.15, 0.2) is 4.34 Å². The standard InChI is InChI=1S/C11H15N7OS2/c1-8-14-16-11(21-8)20-6-9(19)17-2-4-18(5-3-17)10-12-7-13-15-10/h7H,2-6H2,1H3,(H,12,13,15). The topological polar surface area (TPSA) is 90.9 Å². The monoisotopic (exact) mass is 325 g/mol. The second kappa shape index (κ2) is 6.39. The summed E-state index contributed by atoms with van der Waals surface area (Å²) in [5.41, 5.74) is 0. The third kappa shape index (κ3) is 3.50. The second-order valence-corrected chi connectivity index (χ2v) is 6.96. The molecule has 0 aromatic carbocycles. The van der Waals surface area contributed by atoms with Gasteiger partial charge in [-0.2, -0.15) is 10.1 Å². The van der Waals surface area contributed by atoms with E-state index in [-0.39, 0.29) is 5.91 Å². The Morgan fingerprint density at radius 3 is 2.81 bits per heavy atom. The molecule has 3 rings (SSSR count). The number of nitrogens with one attached hydrogen (secondary N) is 1. The maximum Gasteiger partial charge on any atom is 0.233 e. The lowest BCUT2D eigenvalue weighted by molar-refractivity contribution is -0.128. The molecule has 1 N–H and O–H groups in total. The predicted molar refractivity (Wildman–Crippen MR) is 80.5 cm³/mol. The first-order chi connectivity index (χ1) is 10.2. The predicted octanol–water partition coefficient (Wildman–Crippen LogP) is 0.406. The molecule has 1 fully saturated rings. The van der Waals surface area contributed by atoms with Gasteiger partial charge in [0.2, 0.25) is 11.9 Å². The fourth-order valence-electron chi connectivity index (χ4n) is 2.07. The number of aryl methyl sites for hydroxylation is 1. The number of hydrogen-bond acceptors (Lipinski definition) is 8. The molecule has 0 aliphatic carbocycles. The van der Waals surface area contributed by atoms with Gasteiger partial charge in [-0.05, 0) is 6.92 Å². The number of rotatable bonds is 4. The van der Waals surface area contributed by atoms with E-state index in [0.717, 1.165) is 28.4 Å². The summed E-state index contributed by atoms with van der Waals surface area (Å²) < 4.78 is 0.848. The van der Waals surface area contributed by atoms with E-state index in [1.54, 1.807) is 0 Å². The summed E-state index contributed by atoms with van der Waals surface area (Å²) in [6.45, 7) is 4.85. The van der Waals surface area contributed by atoms with E-state index < -0.39 is 0 Å². The number of H-pyrrole nitrogens is 1. The van der Waals surface area contributed by atoms with Crippen molar-refractivity contribution < 1.29 is 4.79 Å². The third-order valence-corrected chi connectivity index (χ3v) is 5.12. The number of piperazine rings is 1. The first kappa shape index (κ1) is 14.3. The van der Waals surface area contributed by atoms with Crippen molar-refractivity contribution in [2.24, 2.45) is 0 Å². The van der Waals surface area contributed by atoms with Crippen LogP contribution in [0.25, 0.3) is 0 Å². The Morgan fingerprint density at radius 1 is 1.38 bits per heavy atom. The van der Waals surface area contributed by atoms with Gasteiger partial charge in [-0.3, -0.25) is 4.79 Å². The first-order valence-electron chi connectivity index (χ1n) is 6.53. The van der Waals surface area contributed by atoms with Crippen LogP contribution in [0.4, 0.5) is 5.95 Å². The molecule has 0 saturated carbocycles. The zero-order chi connectivity index (χ0) is 14.7.